The van der Waals surface area contributed by atoms with Crippen LogP contribution in [-0.4, -0.2) is 24.7 Å². The van der Waals surface area contributed by atoms with Crippen LogP contribution in [0.4, 0.5) is 0 Å². The molecule has 0 amide bonds. The van der Waals surface area contributed by atoms with Crippen LogP contribution in [0, 0.1) is 11.8 Å². The van der Waals surface area contributed by atoms with Crippen LogP contribution in [0.1, 0.15) is 59.8 Å². The highest BCUT2D eigenvalue weighted by molar-refractivity contribution is 5.71. The molecule has 0 saturated heterocycles. The topological polar surface area (TPSA) is 38.3 Å². The molecule has 0 aliphatic heterocycles. The summed E-state index contributed by atoms with van der Waals surface area (Å²) < 4.78 is 5.14. The fourth-order valence-corrected chi connectivity index (χ4v) is 3.50. The van der Waals surface area contributed by atoms with Gasteiger partial charge in [-0.3, -0.25) is 4.79 Å². The number of hydrogen-bond donors (Lipinski definition) is 1. The fraction of sp³-hybridized carbons (Fsp3) is 0.933. The lowest BCUT2D eigenvalue weighted by molar-refractivity contribution is -0.145. The summed E-state index contributed by atoms with van der Waals surface area (Å²) in [6, 6.07) is 0. The van der Waals surface area contributed by atoms with Gasteiger partial charge < -0.3 is 10.1 Å². The molecule has 2 atom stereocenters. The Hall–Kier alpha value is -0.570. The molecule has 0 heterocycles. The van der Waals surface area contributed by atoms with Crippen molar-refractivity contribution in [2.45, 2.75) is 65.3 Å². The van der Waals surface area contributed by atoms with Crippen LogP contribution in [0.25, 0.3) is 0 Å². The second-order valence-corrected chi connectivity index (χ2v) is 6.04. The molecule has 0 aromatic heterocycles. The number of esters is 1. The third kappa shape index (κ3) is 4.60. The van der Waals surface area contributed by atoms with E-state index in [-0.39, 0.29) is 11.5 Å². The van der Waals surface area contributed by atoms with E-state index in [2.05, 4.69) is 26.1 Å². The standard InChI is InChI=1S/C15H29NO2/c1-5-7-16-15(11-14(17)18-6-2)9-12(3)8-13(4)10-15/h12-13,16H,5-11H2,1-4H3. The Bertz CT molecular complexity index is 255. The van der Waals surface area contributed by atoms with Gasteiger partial charge in [-0.2, -0.15) is 0 Å². The highest BCUT2D eigenvalue weighted by Crippen LogP contribution is 2.38. The van der Waals surface area contributed by atoms with Crippen molar-refractivity contribution in [3.63, 3.8) is 0 Å². The van der Waals surface area contributed by atoms with Gasteiger partial charge in [0.25, 0.3) is 0 Å². The van der Waals surface area contributed by atoms with Gasteiger partial charge in [-0.15, -0.1) is 0 Å². The summed E-state index contributed by atoms with van der Waals surface area (Å²) in [5.74, 6) is 1.32. The van der Waals surface area contributed by atoms with E-state index in [1.165, 1.54) is 6.42 Å². The average Bonchev–Trinajstić information content (AvgIpc) is 2.25. The normalized spacial score (nSPS) is 32.2. The quantitative estimate of drug-likeness (QED) is 0.741. The van der Waals surface area contributed by atoms with Gasteiger partial charge in [-0.25, -0.2) is 0 Å². The predicted octanol–water partition coefficient (Wildman–Crippen LogP) is 3.13. The van der Waals surface area contributed by atoms with E-state index in [1.54, 1.807) is 0 Å². The Kier molecular flexibility index (Phi) is 6.13. The molecule has 1 rings (SSSR count). The Morgan fingerprint density at radius 2 is 1.89 bits per heavy atom. The van der Waals surface area contributed by atoms with Crippen molar-refractivity contribution in [2.75, 3.05) is 13.2 Å². The summed E-state index contributed by atoms with van der Waals surface area (Å²) in [5.41, 5.74) is -0.0284. The van der Waals surface area contributed by atoms with E-state index >= 15 is 0 Å². The first-order chi connectivity index (χ1) is 8.51. The molecule has 1 aliphatic rings. The number of nitrogens with one attached hydrogen (secondary N) is 1. The second-order valence-electron chi connectivity index (χ2n) is 6.04. The highest BCUT2D eigenvalue weighted by atomic mass is 16.5. The van der Waals surface area contributed by atoms with Crippen LogP contribution in [0.3, 0.4) is 0 Å². The average molecular weight is 255 g/mol. The van der Waals surface area contributed by atoms with E-state index in [0.29, 0.717) is 24.9 Å². The van der Waals surface area contributed by atoms with Crippen LogP contribution < -0.4 is 5.32 Å². The Balaban J connectivity index is 2.70. The van der Waals surface area contributed by atoms with Crippen LogP contribution in [0.5, 0.6) is 0 Å². The summed E-state index contributed by atoms with van der Waals surface area (Å²) in [5, 5.41) is 3.63. The smallest absolute Gasteiger partial charge is 0.307 e. The van der Waals surface area contributed by atoms with E-state index in [9.17, 15) is 4.79 Å². The zero-order valence-corrected chi connectivity index (χ0v) is 12.4. The molecule has 18 heavy (non-hydrogen) atoms. The Labute approximate surface area is 112 Å². The molecule has 1 aliphatic carbocycles. The zero-order valence-electron chi connectivity index (χ0n) is 12.4. The molecular formula is C15H29NO2. The van der Waals surface area contributed by atoms with Crippen molar-refractivity contribution < 1.29 is 9.53 Å². The molecule has 1 N–H and O–H groups in total. The van der Waals surface area contributed by atoms with E-state index in [0.717, 1.165) is 25.8 Å². The minimum absolute atomic E-state index is 0.0284. The molecule has 1 fully saturated rings. The number of hydrogen-bond acceptors (Lipinski definition) is 3. The fourth-order valence-electron chi connectivity index (χ4n) is 3.50. The maximum absolute atomic E-state index is 11.8. The molecule has 0 aromatic rings. The molecule has 1 saturated carbocycles. The lowest BCUT2D eigenvalue weighted by Gasteiger charge is -2.43. The summed E-state index contributed by atoms with van der Waals surface area (Å²) in [6.45, 7) is 10.1. The van der Waals surface area contributed by atoms with Gasteiger partial charge in [-0.05, 0) is 51.0 Å². The second kappa shape index (κ2) is 7.13. The van der Waals surface area contributed by atoms with Gasteiger partial charge >= 0.3 is 5.97 Å². The predicted molar refractivity (Wildman–Crippen MR) is 74.5 cm³/mol. The third-order valence-electron chi connectivity index (χ3n) is 3.82. The van der Waals surface area contributed by atoms with Crippen LogP contribution >= 0.6 is 0 Å². The van der Waals surface area contributed by atoms with Crippen molar-refractivity contribution in [2.24, 2.45) is 11.8 Å². The summed E-state index contributed by atoms with van der Waals surface area (Å²) in [4.78, 5) is 11.8. The minimum atomic E-state index is -0.0533. The molecule has 2 unspecified atom stereocenters. The van der Waals surface area contributed by atoms with Crippen molar-refractivity contribution in [1.29, 1.82) is 0 Å². The maximum atomic E-state index is 11.8. The lowest BCUT2D eigenvalue weighted by atomic mass is 9.70. The van der Waals surface area contributed by atoms with Crippen molar-refractivity contribution >= 4 is 5.97 Å². The Morgan fingerprint density at radius 3 is 2.39 bits per heavy atom. The van der Waals surface area contributed by atoms with Crippen molar-refractivity contribution in [3.8, 4) is 0 Å². The maximum Gasteiger partial charge on any atom is 0.307 e. The van der Waals surface area contributed by atoms with Gasteiger partial charge in [0.05, 0.1) is 13.0 Å². The molecule has 0 spiro atoms. The molecule has 0 radical (unpaired) electrons. The lowest BCUT2D eigenvalue weighted by Crippen LogP contribution is -2.52. The summed E-state index contributed by atoms with van der Waals surface area (Å²) >= 11 is 0. The van der Waals surface area contributed by atoms with Gasteiger partial charge in [-0.1, -0.05) is 20.8 Å². The largest absolute Gasteiger partial charge is 0.466 e. The number of carbonyl (C=O) groups is 1. The molecule has 3 heteroatoms. The first-order valence-corrected chi connectivity index (χ1v) is 7.42. The zero-order chi connectivity index (χ0) is 13.6. The molecule has 0 bridgehead atoms. The van der Waals surface area contributed by atoms with Crippen LogP contribution in [0.15, 0.2) is 0 Å². The number of carbonyl (C=O) groups excluding carboxylic acids is 1. The third-order valence-corrected chi connectivity index (χ3v) is 3.82. The van der Waals surface area contributed by atoms with Gasteiger partial charge in [0.1, 0.15) is 0 Å². The molecule has 0 aromatic carbocycles. The minimum Gasteiger partial charge on any atom is -0.466 e. The van der Waals surface area contributed by atoms with Gasteiger partial charge in [0.15, 0.2) is 0 Å². The number of ether oxygens (including phenoxy) is 1. The first kappa shape index (κ1) is 15.5. The van der Waals surface area contributed by atoms with Crippen LogP contribution in [0.2, 0.25) is 0 Å². The number of rotatable bonds is 6. The van der Waals surface area contributed by atoms with E-state index in [4.69, 9.17) is 4.74 Å². The molecular weight excluding hydrogens is 226 g/mol. The molecule has 106 valence electrons. The van der Waals surface area contributed by atoms with Gasteiger partial charge in [0.2, 0.25) is 0 Å². The van der Waals surface area contributed by atoms with Crippen molar-refractivity contribution in [1.82, 2.24) is 5.32 Å². The summed E-state index contributed by atoms with van der Waals surface area (Å²) in [7, 11) is 0. The summed E-state index contributed by atoms with van der Waals surface area (Å²) in [6.07, 6.45) is 5.09. The van der Waals surface area contributed by atoms with Crippen molar-refractivity contribution in [3.05, 3.63) is 0 Å². The highest BCUT2D eigenvalue weighted by Gasteiger charge is 2.39. The van der Waals surface area contributed by atoms with E-state index in [1.807, 2.05) is 6.92 Å². The van der Waals surface area contributed by atoms with E-state index < -0.39 is 0 Å². The monoisotopic (exact) mass is 255 g/mol. The Morgan fingerprint density at radius 1 is 1.28 bits per heavy atom. The van der Waals surface area contributed by atoms with Crippen LogP contribution in [-0.2, 0) is 9.53 Å². The first-order valence-electron chi connectivity index (χ1n) is 7.42. The van der Waals surface area contributed by atoms with Gasteiger partial charge in [0, 0.05) is 5.54 Å². The molecule has 3 nitrogen and oxygen atoms in total. The SMILES string of the molecule is CCCNC1(CC(=O)OCC)CC(C)CC(C)C1.